The third kappa shape index (κ3) is 4.18. The van der Waals surface area contributed by atoms with E-state index in [1.165, 1.54) is 22.9 Å². The number of halogens is 2. The summed E-state index contributed by atoms with van der Waals surface area (Å²) in [6.45, 7) is 3.54. The number of carbonyl (C=O) groups excluding carboxylic acids is 1. The number of benzene rings is 3. The molecule has 0 aliphatic carbocycles. The van der Waals surface area contributed by atoms with E-state index in [1.54, 1.807) is 49.4 Å². The Balaban J connectivity index is 1.98. The molecular weight excluding hydrogens is 429 g/mol. The molecule has 0 saturated heterocycles. The van der Waals surface area contributed by atoms with E-state index in [1.807, 2.05) is 19.1 Å². The Morgan fingerprint density at radius 3 is 2.41 bits per heavy atom. The van der Waals surface area contributed by atoms with E-state index in [0.29, 0.717) is 16.3 Å². The second-order valence-electron chi connectivity index (χ2n) is 7.33. The Morgan fingerprint density at radius 1 is 1.00 bits per heavy atom. The Kier molecular flexibility index (Phi) is 5.88. The smallest absolute Gasteiger partial charge is 0.259 e. The maximum atomic E-state index is 14.3. The average Bonchev–Trinajstić information content (AvgIpc) is 2.77. The van der Waals surface area contributed by atoms with E-state index in [0.717, 1.165) is 5.56 Å². The van der Waals surface area contributed by atoms with Crippen LogP contribution in [0.5, 0.6) is 0 Å². The zero-order valence-corrected chi connectivity index (χ0v) is 18.2. The lowest BCUT2D eigenvalue weighted by atomic mass is 10.0. The van der Waals surface area contributed by atoms with Crippen molar-refractivity contribution in [2.75, 3.05) is 5.32 Å². The van der Waals surface area contributed by atoms with Gasteiger partial charge in [0.15, 0.2) is 0 Å². The number of carbonyl (C=O) groups is 1. The van der Waals surface area contributed by atoms with E-state index in [9.17, 15) is 14.0 Å². The predicted molar refractivity (Wildman–Crippen MR) is 124 cm³/mol. The van der Waals surface area contributed by atoms with Crippen LogP contribution in [0.15, 0.2) is 77.6 Å². The van der Waals surface area contributed by atoms with Crippen molar-refractivity contribution in [2.24, 2.45) is 0 Å². The summed E-state index contributed by atoms with van der Waals surface area (Å²) in [5, 5.41) is 7.57. The van der Waals surface area contributed by atoms with E-state index >= 15 is 0 Å². The molecular formula is C25H19ClFN3O2. The van der Waals surface area contributed by atoms with Crippen molar-refractivity contribution in [3.05, 3.63) is 111 Å². The first kappa shape index (κ1) is 21.5. The fourth-order valence-electron chi connectivity index (χ4n) is 3.36. The van der Waals surface area contributed by atoms with Crippen LogP contribution in [0.2, 0.25) is 5.02 Å². The molecule has 4 rings (SSSR count). The van der Waals surface area contributed by atoms with Crippen LogP contribution in [0.25, 0.3) is 16.8 Å². The molecule has 3 aromatic carbocycles. The van der Waals surface area contributed by atoms with Gasteiger partial charge >= 0.3 is 0 Å². The molecule has 0 spiro atoms. The molecule has 0 saturated carbocycles. The van der Waals surface area contributed by atoms with Gasteiger partial charge in [-0.25, -0.2) is 9.07 Å². The number of anilines is 1. The van der Waals surface area contributed by atoms with E-state index < -0.39 is 11.7 Å². The van der Waals surface area contributed by atoms with Crippen molar-refractivity contribution in [1.82, 2.24) is 9.78 Å². The molecule has 160 valence electrons. The molecule has 1 aromatic heterocycles. The molecule has 0 unspecified atom stereocenters. The number of rotatable bonds is 4. The number of amides is 1. The predicted octanol–water partition coefficient (Wildman–Crippen LogP) is 5.56. The highest BCUT2D eigenvalue weighted by molar-refractivity contribution is 6.30. The Bertz CT molecular complexity index is 1380. The number of nitrogens with zero attached hydrogens (tertiary/aromatic N) is 2. The fourth-order valence-corrected chi connectivity index (χ4v) is 3.54. The van der Waals surface area contributed by atoms with Gasteiger partial charge in [-0.1, -0.05) is 59.6 Å². The lowest BCUT2D eigenvalue weighted by molar-refractivity contribution is 0.102. The third-order valence-electron chi connectivity index (χ3n) is 5.00. The molecule has 1 N–H and O–H groups in total. The first-order valence-electron chi connectivity index (χ1n) is 9.88. The fraction of sp³-hybridized carbons (Fsp3) is 0.0800. The molecule has 0 radical (unpaired) electrons. The van der Waals surface area contributed by atoms with Gasteiger partial charge in [0.2, 0.25) is 5.43 Å². The summed E-state index contributed by atoms with van der Waals surface area (Å²) < 4.78 is 15.7. The molecule has 0 fully saturated rings. The van der Waals surface area contributed by atoms with Gasteiger partial charge < -0.3 is 5.32 Å². The quantitative estimate of drug-likeness (QED) is 0.445. The minimum absolute atomic E-state index is 0.125. The minimum Gasteiger partial charge on any atom is -0.306 e. The van der Waals surface area contributed by atoms with Crippen molar-refractivity contribution >= 4 is 23.3 Å². The van der Waals surface area contributed by atoms with Crippen molar-refractivity contribution in [3.63, 3.8) is 0 Å². The van der Waals surface area contributed by atoms with E-state index in [-0.39, 0.29) is 28.1 Å². The van der Waals surface area contributed by atoms with Gasteiger partial charge in [-0.15, -0.1) is 0 Å². The summed E-state index contributed by atoms with van der Waals surface area (Å²) in [5.74, 6) is -1.24. The first-order valence-corrected chi connectivity index (χ1v) is 10.3. The molecule has 7 heteroatoms. The molecule has 0 atom stereocenters. The number of nitrogens with one attached hydrogen (secondary N) is 1. The summed E-state index contributed by atoms with van der Waals surface area (Å²) in [6.07, 6.45) is 0. The SMILES string of the molecule is Cc1ccc(-c2c(NC(=O)c3ccccc3F)n(-c3cccc(Cl)c3)nc(C)c2=O)cc1. The summed E-state index contributed by atoms with van der Waals surface area (Å²) in [7, 11) is 0. The highest BCUT2D eigenvalue weighted by atomic mass is 35.5. The minimum atomic E-state index is -0.697. The molecule has 1 amide bonds. The van der Waals surface area contributed by atoms with Crippen molar-refractivity contribution in [1.29, 1.82) is 0 Å². The largest absolute Gasteiger partial charge is 0.306 e. The van der Waals surface area contributed by atoms with Gasteiger partial charge in [-0.2, -0.15) is 5.10 Å². The second kappa shape index (κ2) is 8.77. The van der Waals surface area contributed by atoms with E-state index in [2.05, 4.69) is 10.4 Å². The lowest BCUT2D eigenvalue weighted by Gasteiger charge is -2.19. The molecule has 0 bridgehead atoms. The topological polar surface area (TPSA) is 64.0 Å². The van der Waals surface area contributed by atoms with E-state index in [4.69, 9.17) is 11.6 Å². The molecule has 4 aromatic rings. The maximum Gasteiger partial charge on any atom is 0.259 e. The van der Waals surface area contributed by atoms with Crippen LogP contribution in [0.4, 0.5) is 10.2 Å². The van der Waals surface area contributed by atoms with Gasteiger partial charge in [0.25, 0.3) is 5.91 Å². The summed E-state index contributed by atoms with van der Waals surface area (Å²) in [6, 6.07) is 19.8. The second-order valence-corrected chi connectivity index (χ2v) is 7.77. The van der Waals surface area contributed by atoms with Crippen LogP contribution in [0.1, 0.15) is 21.6 Å². The first-order chi connectivity index (χ1) is 15.3. The van der Waals surface area contributed by atoms with Gasteiger partial charge in [0, 0.05) is 5.02 Å². The van der Waals surface area contributed by atoms with Gasteiger partial charge in [0.1, 0.15) is 17.3 Å². The number of aryl methyl sites for hydroxylation is 2. The van der Waals surface area contributed by atoms with Crippen LogP contribution < -0.4 is 10.7 Å². The number of aromatic nitrogens is 2. The van der Waals surface area contributed by atoms with Crippen LogP contribution >= 0.6 is 11.6 Å². The Morgan fingerprint density at radius 2 is 1.72 bits per heavy atom. The molecule has 1 heterocycles. The zero-order chi connectivity index (χ0) is 22.8. The maximum absolute atomic E-state index is 14.3. The van der Waals surface area contributed by atoms with Crippen LogP contribution in [0, 0.1) is 19.7 Å². The highest BCUT2D eigenvalue weighted by Gasteiger charge is 2.22. The number of hydrogen-bond donors (Lipinski definition) is 1. The van der Waals surface area contributed by atoms with Crippen LogP contribution in [-0.4, -0.2) is 15.7 Å². The normalized spacial score (nSPS) is 10.8. The van der Waals surface area contributed by atoms with Gasteiger partial charge in [0.05, 0.1) is 16.8 Å². The zero-order valence-electron chi connectivity index (χ0n) is 17.4. The standard InChI is InChI=1S/C25H19ClFN3O2/c1-15-10-12-17(13-11-15)22-23(31)16(2)29-30(19-7-5-6-18(26)14-19)24(22)28-25(32)20-8-3-4-9-21(20)27/h3-14H,1-2H3,(H,28,32). The highest BCUT2D eigenvalue weighted by Crippen LogP contribution is 2.29. The summed E-state index contributed by atoms with van der Waals surface area (Å²) >= 11 is 6.17. The number of hydrogen-bond acceptors (Lipinski definition) is 3. The van der Waals surface area contributed by atoms with Crippen LogP contribution in [-0.2, 0) is 0 Å². The molecule has 0 aliphatic rings. The Labute approximate surface area is 189 Å². The van der Waals surface area contributed by atoms with Crippen molar-refractivity contribution in [3.8, 4) is 16.8 Å². The van der Waals surface area contributed by atoms with Crippen molar-refractivity contribution < 1.29 is 9.18 Å². The molecule has 5 nitrogen and oxygen atoms in total. The Hall–Kier alpha value is -3.77. The monoisotopic (exact) mass is 447 g/mol. The average molecular weight is 448 g/mol. The van der Waals surface area contributed by atoms with Gasteiger partial charge in [-0.3, -0.25) is 9.59 Å². The summed E-state index contributed by atoms with van der Waals surface area (Å²) in [4.78, 5) is 26.2. The molecule has 32 heavy (non-hydrogen) atoms. The third-order valence-corrected chi connectivity index (χ3v) is 5.23. The molecule has 0 aliphatic heterocycles. The lowest BCUT2D eigenvalue weighted by Crippen LogP contribution is -2.25. The summed E-state index contributed by atoms with van der Waals surface area (Å²) in [5.41, 5.74) is 2.17. The van der Waals surface area contributed by atoms with Gasteiger partial charge in [-0.05, 0) is 49.7 Å². The van der Waals surface area contributed by atoms with Crippen LogP contribution in [0.3, 0.4) is 0 Å². The van der Waals surface area contributed by atoms with Crippen molar-refractivity contribution in [2.45, 2.75) is 13.8 Å².